The summed E-state index contributed by atoms with van der Waals surface area (Å²) in [5.74, 6) is 1.84. The highest BCUT2D eigenvalue weighted by Gasteiger charge is 2.30. The number of aryl methyl sites for hydroxylation is 1. The van der Waals surface area contributed by atoms with E-state index < -0.39 is 0 Å². The molecular weight excluding hydrogens is 230 g/mol. The van der Waals surface area contributed by atoms with Crippen molar-refractivity contribution in [3.8, 4) is 0 Å². The monoisotopic (exact) mass is 257 g/mol. The molecule has 1 unspecified atom stereocenters. The van der Waals surface area contributed by atoms with Gasteiger partial charge in [0.2, 0.25) is 0 Å². The van der Waals surface area contributed by atoms with Gasteiger partial charge in [0.05, 0.1) is 0 Å². The highest BCUT2D eigenvalue weighted by Crippen LogP contribution is 2.37. The molecule has 0 spiro atoms. The number of hydrogen-bond acceptors (Lipinski definition) is 1. The Balaban J connectivity index is 1.56. The number of rotatable bonds is 7. The normalized spacial score (nSPS) is 21.1. The standard InChI is InChI=1S/C18H27N/c1-2-19-18(16-10-11-16)12-9-14-5-3-8-17(13-14)15-6-4-7-15/h3,5,8,13,15-16,18-19H,2,4,6-7,9-12H2,1H3. The van der Waals surface area contributed by atoms with Crippen molar-refractivity contribution >= 4 is 0 Å². The molecule has 1 aromatic rings. The second-order valence-corrected chi connectivity index (χ2v) is 6.41. The highest BCUT2D eigenvalue weighted by atomic mass is 14.9. The van der Waals surface area contributed by atoms with Crippen molar-refractivity contribution in [1.29, 1.82) is 0 Å². The van der Waals surface area contributed by atoms with Crippen LogP contribution < -0.4 is 5.32 Å². The van der Waals surface area contributed by atoms with Crippen LogP contribution in [0.3, 0.4) is 0 Å². The summed E-state index contributed by atoms with van der Waals surface area (Å²) in [4.78, 5) is 0. The molecule has 0 radical (unpaired) electrons. The second-order valence-electron chi connectivity index (χ2n) is 6.41. The molecule has 104 valence electrons. The minimum absolute atomic E-state index is 0.761. The lowest BCUT2D eigenvalue weighted by Gasteiger charge is -2.26. The Bertz CT molecular complexity index is 404. The molecule has 1 atom stereocenters. The minimum atomic E-state index is 0.761. The molecule has 0 saturated heterocycles. The SMILES string of the molecule is CCNC(CCc1cccc(C2CCC2)c1)C1CC1. The molecule has 0 heterocycles. The molecule has 0 aromatic heterocycles. The van der Waals surface area contributed by atoms with E-state index >= 15 is 0 Å². The Morgan fingerprint density at radius 2 is 2.05 bits per heavy atom. The van der Waals surface area contributed by atoms with E-state index in [1.807, 2.05) is 0 Å². The molecule has 3 rings (SSSR count). The summed E-state index contributed by atoms with van der Waals surface area (Å²) in [7, 11) is 0. The summed E-state index contributed by atoms with van der Waals surface area (Å²) in [5.41, 5.74) is 3.14. The molecule has 1 aromatic carbocycles. The van der Waals surface area contributed by atoms with Crippen molar-refractivity contribution in [2.75, 3.05) is 6.54 Å². The van der Waals surface area contributed by atoms with Gasteiger partial charge in [-0.3, -0.25) is 0 Å². The van der Waals surface area contributed by atoms with Gasteiger partial charge in [0.25, 0.3) is 0 Å². The third-order valence-electron chi connectivity index (χ3n) is 4.93. The van der Waals surface area contributed by atoms with E-state index in [1.54, 1.807) is 11.1 Å². The molecule has 2 aliphatic rings. The van der Waals surface area contributed by atoms with E-state index in [4.69, 9.17) is 0 Å². The molecule has 2 fully saturated rings. The molecule has 19 heavy (non-hydrogen) atoms. The first kappa shape index (κ1) is 13.2. The van der Waals surface area contributed by atoms with Gasteiger partial charge in [0.1, 0.15) is 0 Å². The van der Waals surface area contributed by atoms with Crippen molar-refractivity contribution in [1.82, 2.24) is 5.32 Å². The summed E-state index contributed by atoms with van der Waals surface area (Å²) >= 11 is 0. The molecule has 1 nitrogen and oxygen atoms in total. The van der Waals surface area contributed by atoms with Gasteiger partial charge in [-0.1, -0.05) is 37.6 Å². The first-order chi connectivity index (χ1) is 9.36. The maximum absolute atomic E-state index is 3.67. The van der Waals surface area contributed by atoms with Crippen LogP contribution in [0.5, 0.6) is 0 Å². The summed E-state index contributed by atoms with van der Waals surface area (Å²) in [6, 6.07) is 10.1. The molecule has 1 N–H and O–H groups in total. The van der Waals surface area contributed by atoms with E-state index in [0.717, 1.165) is 24.4 Å². The van der Waals surface area contributed by atoms with Crippen molar-refractivity contribution in [3.63, 3.8) is 0 Å². The zero-order valence-electron chi connectivity index (χ0n) is 12.2. The average molecular weight is 257 g/mol. The number of hydrogen-bond donors (Lipinski definition) is 1. The number of benzene rings is 1. The van der Waals surface area contributed by atoms with Crippen molar-refractivity contribution in [3.05, 3.63) is 35.4 Å². The van der Waals surface area contributed by atoms with Crippen LogP contribution in [0.1, 0.15) is 62.5 Å². The highest BCUT2D eigenvalue weighted by molar-refractivity contribution is 5.27. The van der Waals surface area contributed by atoms with Crippen LogP contribution in [0.4, 0.5) is 0 Å². The van der Waals surface area contributed by atoms with Crippen LogP contribution in [-0.2, 0) is 6.42 Å². The predicted molar refractivity (Wildman–Crippen MR) is 81.5 cm³/mol. The zero-order valence-corrected chi connectivity index (χ0v) is 12.2. The topological polar surface area (TPSA) is 12.0 Å². The second kappa shape index (κ2) is 6.09. The first-order valence-electron chi connectivity index (χ1n) is 8.19. The van der Waals surface area contributed by atoms with E-state index in [9.17, 15) is 0 Å². The van der Waals surface area contributed by atoms with E-state index in [0.29, 0.717) is 0 Å². The first-order valence-corrected chi connectivity index (χ1v) is 8.19. The van der Waals surface area contributed by atoms with Crippen LogP contribution in [0.2, 0.25) is 0 Å². The van der Waals surface area contributed by atoms with Crippen molar-refractivity contribution in [2.24, 2.45) is 5.92 Å². The summed E-state index contributed by atoms with van der Waals surface area (Å²) in [6.45, 7) is 3.34. The maximum atomic E-state index is 3.67. The van der Waals surface area contributed by atoms with Gasteiger partial charge in [-0.05, 0) is 68.0 Å². The Labute approximate surface area is 117 Å². The lowest BCUT2D eigenvalue weighted by atomic mass is 9.79. The molecule has 2 saturated carbocycles. The third kappa shape index (κ3) is 3.39. The summed E-state index contributed by atoms with van der Waals surface area (Å²) in [6.07, 6.45) is 9.69. The summed E-state index contributed by atoms with van der Waals surface area (Å²) < 4.78 is 0. The van der Waals surface area contributed by atoms with Crippen LogP contribution in [-0.4, -0.2) is 12.6 Å². The zero-order chi connectivity index (χ0) is 13.1. The largest absolute Gasteiger partial charge is 0.314 e. The third-order valence-corrected chi connectivity index (χ3v) is 4.93. The molecule has 0 bridgehead atoms. The predicted octanol–water partition coefficient (Wildman–Crippen LogP) is 4.27. The van der Waals surface area contributed by atoms with Crippen LogP contribution in [0.15, 0.2) is 24.3 Å². The summed E-state index contributed by atoms with van der Waals surface area (Å²) in [5, 5.41) is 3.67. The lowest BCUT2D eigenvalue weighted by Crippen LogP contribution is -2.31. The van der Waals surface area contributed by atoms with Gasteiger partial charge in [-0.15, -0.1) is 0 Å². The van der Waals surface area contributed by atoms with Crippen LogP contribution in [0.25, 0.3) is 0 Å². The minimum Gasteiger partial charge on any atom is -0.314 e. The average Bonchev–Trinajstić information content (AvgIpc) is 3.17. The van der Waals surface area contributed by atoms with Gasteiger partial charge in [0.15, 0.2) is 0 Å². The maximum Gasteiger partial charge on any atom is 0.00983 e. The van der Waals surface area contributed by atoms with Crippen LogP contribution >= 0.6 is 0 Å². The van der Waals surface area contributed by atoms with Gasteiger partial charge in [-0.2, -0.15) is 0 Å². The Kier molecular flexibility index (Phi) is 4.22. The Hall–Kier alpha value is -0.820. The molecular formula is C18H27N. The fourth-order valence-corrected chi connectivity index (χ4v) is 3.33. The molecule has 2 aliphatic carbocycles. The van der Waals surface area contributed by atoms with Crippen molar-refractivity contribution in [2.45, 2.75) is 63.8 Å². The van der Waals surface area contributed by atoms with Gasteiger partial charge < -0.3 is 5.32 Å². The molecule has 1 heteroatoms. The lowest BCUT2D eigenvalue weighted by molar-refractivity contribution is 0.419. The Morgan fingerprint density at radius 3 is 2.68 bits per heavy atom. The van der Waals surface area contributed by atoms with Gasteiger partial charge in [0, 0.05) is 6.04 Å². The fraction of sp³-hybridized carbons (Fsp3) is 0.667. The fourth-order valence-electron chi connectivity index (χ4n) is 3.33. The molecule has 0 aliphatic heterocycles. The van der Waals surface area contributed by atoms with Gasteiger partial charge >= 0.3 is 0 Å². The van der Waals surface area contributed by atoms with Crippen molar-refractivity contribution < 1.29 is 0 Å². The quantitative estimate of drug-likeness (QED) is 0.769. The van der Waals surface area contributed by atoms with Gasteiger partial charge in [-0.25, -0.2) is 0 Å². The van der Waals surface area contributed by atoms with E-state index in [2.05, 4.69) is 36.5 Å². The smallest absolute Gasteiger partial charge is 0.00983 e. The van der Waals surface area contributed by atoms with E-state index in [-0.39, 0.29) is 0 Å². The number of nitrogens with one attached hydrogen (secondary N) is 1. The Morgan fingerprint density at radius 1 is 1.21 bits per heavy atom. The van der Waals surface area contributed by atoms with E-state index in [1.165, 1.54) is 44.9 Å². The molecule has 0 amide bonds. The van der Waals surface area contributed by atoms with Crippen LogP contribution in [0, 0.1) is 5.92 Å².